The highest BCUT2D eigenvalue weighted by Gasteiger charge is 1.99. The molecule has 1 amide bonds. The lowest BCUT2D eigenvalue weighted by Gasteiger charge is -2.02. The van der Waals surface area contributed by atoms with E-state index in [1.165, 1.54) is 6.92 Å². The third kappa shape index (κ3) is 6.83. The number of ether oxygens (including phenoxy) is 1. The van der Waals surface area contributed by atoms with Crippen molar-refractivity contribution in [3.8, 4) is 0 Å². The largest absolute Gasteiger partial charge is 0.450 e. The van der Waals surface area contributed by atoms with E-state index in [0.717, 1.165) is 0 Å². The van der Waals surface area contributed by atoms with Crippen molar-refractivity contribution in [2.45, 2.75) is 20.3 Å². The van der Waals surface area contributed by atoms with Crippen LogP contribution in [0.3, 0.4) is 0 Å². The van der Waals surface area contributed by atoms with Gasteiger partial charge >= 0.3 is 6.09 Å². The fourth-order valence-electron chi connectivity index (χ4n) is 0.523. The zero-order chi connectivity index (χ0) is 8.69. The molecule has 0 bridgehead atoms. The zero-order valence-corrected chi connectivity index (χ0v) is 6.85. The maximum atomic E-state index is 10.6. The quantitative estimate of drug-likeness (QED) is 0.657. The molecule has 1 N–H and O–H groups in total. The number of ketones is 1. The molecule has 64 valence electrons. The molecule has 0 fully saturated rings. The summed E-state index contributed by atoms with van der Waals surface area (Å²) in [6.45, 7) is 3.91. The van der Waals surface area contributed by atoms with Gasteiger partial charge in [-0.2, -0.15) is 0 Å². The van der Waals surface area contributed by atoms with Crippen LogP contribution < -0.4 is 5.32 Å². The van der Waals surface area contributed by atoms with Crippen LogP contribution in [0, 0.1) is 0 Å². The fraction of sp³-hybridized carbons (Fsp3) is 0.714. The van der Waals surface area contributed by atoms with Gasteiger partial charge in [0.2, 0.25) is 0 Å². The Morgan fingerprint density at radius 2 is 2.09 bits per heavy atom. The fourth-order valence-corrected chi connectivity index (χ4v) is 0.523. The minimum absolute atomic E-state index is 0.0572. The van der Waals surface area contributed by atoms with E-state index in [1.54, 1.807) is 6.92 Å². The third-order valence-electron chi connectivity index (χ3n) is 1.02. The molecule has 0 aromatic rings. The number of carbonyl (C=O) groups excluding carboxylic acids is 2. The van der Waals surface area contributed by atoms with Gasteiger partial charge in [0.05, 0.1) is 6.61 Å². The molecule has 0 aliphatic rings. The van der Waals surface area contributed by atoms with E-state index in [9.17, 15) is 9.59 Å². The predicted octanol–water partition coefficient (Wildman–Crippen LogP) is 0.712. The van der Waals surface area contributed by atoms with Crippen molar-refractivity contribution < 1.29 is 14.3 Å². The minimum atomic E-state index is -0.464. The van der Waals surface area contributed by atoms with Crippen LogP contribution in [0.5, 0.6) is 0 Å². The summed E-state index contributed by atoms with van der Waals surface area (Å²) in [7, 11) is 0. The number of rotatable bonds is 4. The standard InChI is InChI=1S/C7H13NO3/c1-3-11-7(10)8-5-4-6(2)9/h3-5H2,1-2H3,(H,8,10). The molecular weight excluding hydrogens is 146 g/mol. The van der Waals surface area contributed by atoms with Gasteiger partial charge in [0.1, 0.15) is 5.78 Å². The molecule has 4 nitrogen and oxygen atoms in total. The van der Waals surface area contributed by atoms with E-state index >= 15 is 0 Å². The Labute approximate surface area is 65.9 Å². The lowest BCUT2D eigenvalue weighted by molar-refractivity contribution is -0.116. The van der Waals surface area contributed by atoms with Crippen molar-refractivity contribution in [3.05, 3.63) is 0 Å². The Morgan fingerprint density at radius 1 is 1.45 bits per heavy atom. The van der Waals surface area contributed by atoms with Crippen molar-refractivity contribution in [2.75, 3.05) is 13.2 Å². The minimum Gasteiger partial charge on any atom is -0.450 e. The van der Waals surface area contributed by atoms with Gasteiger partial charge in [-0.25, -0.2) is 4.79 Å². The van der Waals surface area contributed by atoms with Gasteiger partial charge in [0, 0.05) is 13.0 Å². The van der Waals surface area contributed by atoms with Gasteiger partial charge in [-0.3, -0.25) is 4.79 Å². The summed E-state index contributed by atoms with van der Waals surface area (Å²) in [4.78, 5) is 21.0. The molecular formula is C7H13NO3. The van der Waals surface area contributed by atoms with Crippen molar-refractivity contribution in [3.63, 3.8) is 0 Å². The average Bonchev–Trinajstić information content (AvgIpc) is 1.87. The molecule has 0 saturated carbocycles. The molecule has 0 aliphatic heterocycles. The van der Waals surface area contributed by atoms with Gasteiger partial charge in [-0.15, -0.1) is 0 Å². The molecule has 0 unspecified atom stereocenters. The molecule has 0 spiro atoms. The first-order chi connectivity index (χ1) is 5.16. The predicted molar refractivity (Wildman–Crippen MR) is 40.3 cm³/mol. The Morgan fingerprint density at radius 3 is 2.55 bits per heavy atom. The van der Waals surface area contributed by atoms with E-state index < -0.39 is 6.09 Å². The molecule has 0 radical (unpaired) electrons. The van der Waals surface area contributed by atoms with Crippen molar-refractivity contribution >= 4 is 11.9 Å². The summed E-state index contributed by atoms with van der Waals surface area (Å²) in [6.07, 6.45) is -0.104. The summed E-state index contributed by atoms with van der Waals surface area (Å²) in [6, 6.07) is 0. The molecule has 0 saturated heterocycles. The second-order valence-electron chi connectivity index (χ2n) is 2.10. The summed E-state index contributed by atoms with van der Waals surface area (Å²) in [5.41, 5.74) is 0. The lowest BCUT2D eigenvalue weighted by atomic mass is 10.3. The van der Waals surface area contributed by atoms with Crippen LogP contribution in [0.2, 0.25) is 0 Å². The highest BCUT2D eigenvalue weighted by molar-refractivity contribution is 5.76. The third-order valence-corrected chi connectivity index (χ3v) is 1.02. The van der Waals surface area contributed by atoms with Crippen LogP contribution in [-0.4, -0.2) is 25.0 Å². The second kappa shape index (κ2) is 5.70. The van der Waals surface area contributed by atoms with E-state index in [2.05, 4.69) is 10.1 Å². The molecule has 0 atom stereocenters. The molecule has 0 aliphatic carbocycles. The molecule has 0 rings (SSSR count). The van der Waals surface area contributed by atoms with Crippen LogP contribution in [0.4, 0.5) is 4.79 Å². The summed E-state index contributed by atoms with van der Waals surface area (Å²) >= 11 is 0. The van der Waals surface area contributed by atoms with Crippen molar-refractivity contribution in [1.82, 2.24) is 5.32 Å². The first-order valence-electron chi connectivity index (χ1n) is 3.57. The number of Topliss-reactive ketones (excluding diaryl/α,β-unsaturated/α-hetero) is 1. The molecule has 0 aromatic heterocycles. The zero-order valence-electron chi connectivity index (χ0n) is 6.85. The van der Waals surface area contributed by atoms with Gasteiger partial charge in [0.25, 0.3) is 0 Å². The van der Waals surface area contributed by atoms with E-state index in [4.69, 9.17) is 0 Å². The monoisotopic (exact) mass is 159 g/mol. The number of amides is 1. The SMILES string of the molecule is CCOC(=O)NCCC(C)=O. The van der Waals surface area contributed by atoms with E-state index in [-0.39, 0.29) is 5.78 Å². The highest BCUT2D eigenvalue weighted by atomic mass is 16.5. The Hall–Kier alpha value is -1.06. The first-order valence-corrected chi connectivity index (χ1v) is 3.57. The normalized spacial score (nSPS) is 8.91. The molecule has 11 heavy (non-hydrogen) atoms. The lowest BCUT2D eigenvalue weighted by Crippen LogP contribution is -2.26. The maximum absolute atomic E-state index is 10.6. The first kappa shape index (κ1) is 9.94. The van der Waals surface area contributed by atoms with Crippen molar-refractivity contribution in [2.24, 2.45) is 0 Å². The van der Waals surface area contributed by atoms with Crippen LogP contribution in [0.15, 0.2) is 0 Å². The summed E-state index contributed by atoms with van der Waals surface area (Å²) in [5, 5.41) is 2.43. The summed E-state index contributed by atoms with van der Waals surface area (Å²) < 4.78 is 4.56. The van der Waals surface area contributed by atoms with Crippen molar-refractivity contribution in [1.29, 1.82) is 0 Å². The maximum Gasteiger partial charge on any atom is 0.407 e. The number of nitrogens with one attached hydrogen (secondary N) is 1. The Bertz CT molecular complexity index is 145. The topological polar surface area (TPSA) is 55.4 Å². The van der Waals surface area contributed by atoms with Crippen LogP contribution in [0.1, 0.15) is 20.3 Å². The van der Waals surface area contributed by atoms with Gasteiger partial charge < -0.3 is 10.1 Å². The number of carbonyl (C=O) groups is 2. The van der Waals surface area contributed by atoms with Crippen LogP contribution in [0.25, 0.3) is 0 Å². The van der Waals surface area contributed by atoms with Gasteiger partial charge in [-0.1, -0.05) is 0 Å². The number of alkyl carbamates (subject to hydrolysis) is 1. The van der Waals surface area contributed by atoms with Gasteiger partial charge in [-0.05, 0) is 13.8 Å². The average molecular weight is 159 g/mol. The smallest absolute Gasteiger partial charge is 0.407 e. The van der Waals surface area contributed by atoms with E-state index in [0.29, 0.717) is 19.6 Å². The summed E-state index contributed by atoms with van der Waals surface area (Å²) in [5.74, 6) is 0.0572. The van der Waals surface area contributed by atoms with Crippen LogP contribution in [-0.2, 0) is 9.53 Å². The number of hydrogen-bond acceptors (Lipinski definition) is 3. The Kier molecular flexibility index (Phi) is 5.15. The molecule has 0 heterocycles. The Balaban J connectivity index is 3.24. The van der Waals surface area contributed by atoms with E-state index in [1.807, 2.05) is 0 Å². The highest BCUT2D eigenvalue weighted by Crippen LogP contribution is 1.80. The van der Waals surface area contributed by atoms with Gasteiger partial charge in [0.15, 0.2) is 0 Å². The second-order valence-corrected chi connectivity index (χ2v) is 2.10. The number of hydrogen-bond donors (Lipinski definition) is 1. The van der Waals surface area contributed by atoms with Crippen LogP contribution >= 0.6 is 0 Å². The molecule has 0 aromatic carbocycles. The molecule has 4 heteroatoms.